The molecule has 2 aromatic carbocycles. The van der Waals surface area contributed by atoms with Gasteiger partial charge in [-0.1, -0.05) is 24.3 Å². The lowest BCUT2D eigenvalue weighted by molar-refractivity contribution is 0.582. The van der Waals surface area contributed by atoms with Crippen LogP contribution in [0.25, 0.3) is 0 Å². The second kappa shape index (κ2) is 6.44. The second-order valence-corrected chi connectivity index (χ2v) is 6.83. The Labute approximate surface area is 139 Å². The lowest BCUT2D eigenvalue weighted by Crippen LogP contribution is -2.20. The summed E-state index contributed by atoms with van der Waals surface area (Å²) >= 11 is 2.22. The van der Waals surface area contributed by atoms with E-state index in [2.05, 4.69) is 46.1 Å². The molecule has 1 N–H and O–H groups in total. The van der Waals surface area contributed by atoms with Gasteiger partial charge in [0, 0.05) is 9.61 Å². The minimum absolute atomic E-state index is 0.171. The molecule has 1 aliphatic carbocycles. The predicted octanol–water partition coefficient (Wildman–Crippen LogP) is 4.42. The molecule has 2 aromatic rings. The highest BCUT2D eigenvalue weighted by Gasteiger charge is 2.16. The van der Waals surface area contributed by atoms with E-state index in [1.807, 2.05) is 13.1 Å². The third kappa shape index (κ3) is 3.29. The Balaban J connectivity index is 1.84. The summed E-state index contributed by atoms with van der Waals surface area (Å²) < 4.78 is 14.2. The van der Waals surface area contributed by atoms with Gasteiger partial charge in [0.05, 0.1) is 0 Å². The van der Waals surface area contributed by atoms with Crippen molar-refractivity contribution in [2.75, 3.05) is 7.05 Å². The zero-order valence-corrected chi connectivity index (χ0v) is 14.3. The van der Waals surface area contributed by atoms with Gasteiger partial charge < -0.3 is 5.32 Å². The molecule has 0 aliphatic heterocycles. The van der Waals surface area contributed by atoms with Crippen LogP contribution in [0.5, 0.6) is 0 Å². The van der Waals surface area contributed by atoms with Gasteiger partial charge >= 0.3 is 0 Å². The summed E-state index contributed by atoms with van der Waals surface area (Å²) in [5, 5.41) is 3.37. The second-order valence-electron chi connectivity index (χ2n) is 5.67. The van der Waals surface area contributed by atoms with E-state index in [0.717, 1.165) is 9.99 Å². The van der Waals surface area contributed by atoms with Crippen LogP contribution in [0, 0.1) is 9.39 Å². The fraction of sp³-hybridized carbons (Fsp3) is 0.333. The topological polar surface area (TPSA) is 12.0 Å². The van der Waals surface area contributed by atoms with E-state index in [0.29, 0.717) is 0 Å². The molecule has 21 heavy (non-hydrogen) atoms. The summed E-state index contributed by atoms with van der Waals surface area (Å²) in [6, 6.07) is 12.1. The van der Waals surface area contributed by atoms with Crippen LogP contribution in [-0.4, -0.2) is 7.05 Å². The number of likely N-dealkylation sites (N-methyl/N-ethyl adjacent to an activating group) is 1. The van der Waals surface area contributed by atoms with E-state index in [-0.39, 0.29) is 11.9 Å². The van der Waals surface area contributed by atoms with Crippen molar-refractivity contribution in [3.05, 3.63) is 68.0 Å². The van der Waals surface area contributed by atoms with Crippen molar-refractivity contribution < 1.29 is 4.39 Å². The standard InChI is InChI=1S/C18H19FIN/c1-21-18(16-8-7-15(19)11-17(16)20)10-12-5-6-13-3-2-4-14(13)9-12/h5-9,11,18,21H,2-4,10H2,1H3. The van der Waals surface area contributed by atoms with Gasteiger partial charge in [-0.3, -0.25) is 0 Å². The molecule has 0 bridgehead atoms. The molecule has 1 atom stereocenters. The van der Waals surface area contributed by atoms with Gasteiger partial charge in [-0.25, -0.2) is 4.39 Å². The lowest BCUT2D eigenvalue weighted by atomic mass is 9.96. The number of aryl methyl sites for hydroxylation is 2. The summed E-state index contributed by atoms with van der Waals surface area (Å²) in [4.78, 5) is 0. The largest absolute Gasteiger partial charge is 0.313 e. The van der Waals surface area contributed by atoms with Gasteiger partial charge in [0.2, 0.25) is 0 Å². The zero-order chi connectivity index (χ0) is 14.8. The molecule has 1 nitrogen and oxygen atoms in total. The first-order chi connectivity index (χ1) is 10.2. The highest BCUT2D eigenvalue weighted by molar-refractivity contribution is 14.1. The molecular weight excluding hydrogens is 376 g/mol. The third-order valence-corrected chi connectivity index (χ3v) is 5.22. The summed E-state index contributed by atoms with van der Waals surface area (Å²) in [6.07, 6.45) is 4.65. The summed E-state index contributed by atoms with van der Waals surface area (Å²) in [6.45, 7) is 0. The molecule has 0 saturated heterocycles. The lowest BCUT2D eigenvalue weighted by Gasteiger charge is -2.19. The summed E-state index contributed by atoms with van der Waals surface area (Å²) in [5.41, 5.74) is 5.54. The number of fused-ring (bicyclic) bond motifs is 1. The van der Waals surface area contributed by atoms with Crippen LogP contribution in [0.1, 0.15) is 34.7 Å². The molecule has 3 heteroatoms. The number of hydrogen-bond donors (Lipinski definition) is 1. The molecule has 0 fully saturated rings. The Kier molecular flexibility index (Phi) is 4.60. The molecular formula is C18H19FIN. The summed E-state index contributed by atoms with van der Waals surface area (Å²) in [7, 11) is 1.97. The van der Waals surface area contributed by atoms with E-state index in [9.17, 15) is 4.39 Å². The Bertz CT molecular complexity index is 654. The molecule has 0 aromatic heterocycles. The van der Waals surface area contributed by atoms with Crippen molar-refractivity contribution in [3.63, 3.8) is 0 Å². The molecule has 0 amide bonds. The third-order valence-electron chi connectivity index (χ3n) is 4.29. The highest BCUT2D eigenvalue weighted by atomic mass is 127. The molecule has 0 heterocycles. The van der Waals surface area contributed by atoms with Gasteiger partial charge in [-0.15, -0.1) is 0 Å². The Hall–Kier alpha value is -0.940. The average molecular weight is 395 g/mol. The Morgan fingerprint density at radius 2 is 1.95 bits per heavy atom. The fourth-order valence-corrected chi connectivity index (χ4v) is 3.99. The number of nitrogens with one attached hydrogen (secondary N) is 1. The Morgan fingerprint density at radius 3 is 2.71 bits per heavy atom. The van der Waals surface area contributed by atoms with Gasteiger partial charge in [0.15, 0.2) is 0 Å². The van der Waals surface area contributed by atoms with Gasteiger partial charge in [-0.2, -0.15) is 0 Å². The van der Waals surface area contributed by atoms with Crippen LogP contribution in [0.3, 0.4) is 0 Å². The number of benzene rings is 2. The van der Waals surface area contributed by atoms with E-state index >= 15 is 0 Å². The molecule has 1 unspecified atom stereocenters. The van der Waals surface area contributed by atoms with Crippen molar-refractivity contribution >= 4 is 22.6 Å². The minimum atomic E-state index is -0.171. The number of hydrogen-bond acceptors (Lipinski definition) is 1. The highest BCUT2D eigenvalue weighted by Crippen LogP contribution is 2.27. The van der Waals surface area contributed by atoms with E-state index in [4.69, 9.17) is 0 Å². The minimum Gasteiger partial charge on any atom is -0.313 e. The predicted molar refractivity (Wildman–Crippen MR) is 93.1 cm³/mol. The van der Waals surface area contributed by atoms with Crippen molar-refractivity contribution in [1.82, 2.24) is 5.32 Å². The molecule has 0 saturated carbocycles. The first-order valence-corrected chi connectivity index (χ1v) is 8.48. The molecule has 3 rings (SSSR count). The van der Waals surface area contributed by atoms with Crippen molar-refractivity contribution in [1.29, 1.82) is 0 Å². The average Bonchev–Trinajstić information content (AvgIpc) is 2.93. The van der Waals surface area contributed by atoms with Crippen LogP contribution in [0.15, 0.2) is 36.4 Å². The van der Waals surface area contributed by atoms with Crippen molar-refractivity contribution in [2.45, 2.75) is 31.7 Å². The van der Waals surface area contributed by atoms with Gasteiger partial charge in [-0.05, 0) is 89.7 Å². The van der Waals surface area contributed by atoms with Crippen molar-refractivity contribution in [3.8, 4) is 0 Å². The SMILES string of the molecule is CNC(Cc1ccc2c(c1)CCC2)c1ccc(F)cc1I. The smallest absolute Gasteiger partial charge is 0.124 e. The molecule has 1 aliphatic rings. The van der Waals surface area contributed by atoms with Crippen molar-refractivity contribution in [2.24, 2.45) is 0 Å². The van der Waals surface area contributed by atoms with E-state index < -0.39 is 0 Å². The maximum absolute atomic E-state index is 13.3. The van der Waals surface area contributed by atoms with Crippen LogP contribution in [0.2, 0.25) is 0 Å². The van der Waals surface area contributed by atoms with E-state index in [1.165, 1.54) is 41.5 Å². The molecule has 0 spiro atoms. The van der Waals surface area contributed by atoms with E-state index in [1.54, 1.807) is 12.1 Å². The van der Waals surface area contributed by atoms with Crippen LogP contribution in [-0.2, 0) is 19.3 Å². The Morgan fingerprint density at radius 1 is 1.14 bits per heavy atom. The quantitative estimate of drug-likeness (QED) is 0.756. The maximum atomic E-state index is 13.3. The van der Waals surface area contributed by atoms with Crippen LogP contribution < -0.4 is 5.32 Å². The normalized spacial score (nSPS) is 15.0. The number of halogens is 2. The fourth-order valence-electron chi connectivity index (χ4n) is 3.14. The molecule has 0 radical (unpaired) electrons. The van der Waals surface area contributed by atoms with Crippen LogP contribution >= 0.6 is 22.6 Å². The first kappa shape index (κ1) is 15.0. The zero-order valence-electron chi connectivity index (χ0n) is 12.1. The summed E-state index contributed by atoms with van der Waals surface area (Å²) in [5.74, 6) is -0.171. The molecule has 110 valence electrons. The van der Waals surface area contributed by atoms with Crippen LogP contribution in [0.4, 0.5) is 4.39 Å². The first-order valence-electron chi connectivity index (χ1n) is 7.40. The maximum Gasteiger partial charge on any atom is 0.124 e. The number of rotatable bonds is 4. The van der Waals surface area contributed by atoms with Gasteiger partial charge in [0.1, 0.15) is 5.82 Å². The monoisotopic (exact) mass is 395 g/mol. The van der Waals surface area contributed by atoms with Gasteiger partial charge in [0.25, 0.3) is 0 Å².